The van der Waals surface area contributed by atoms with Crippen LogP contribution in [-0.4, -0.2) is 36.8 Å². The summed E-state index contributed by atoms with van der Waals surface area (Å²) in [6.45, 7) is 4.00. The second-order valence-corrected chi connectivity index (χ2v) is 8.75. The number of carbonyl (C=O) groups excluding carboxylic acids is 2. The molecule has 4 atom stereocenters. The number of hydrogen-bond donors (Lipinski definition) is 0. The Hall–Kier alpha value is -4.26. The summed E-state index contributed by atoms with van der Waals surface area (Å²) in [7, 11) is 3.11. The molecule has 0 aromatic heterocycles. The van der Waals surface area contributed by atoms with Gasteiger partial charge in [0.15, 0.2) is 5.78 Å². The third-order valence-electron chi connectivity index (χ3n) is 6.74. The highest BCUT2D eigenvalue weighted by Gasteiger charge is 2.53. The van der Waals surface area contributed by atoms with Crippen LogP contribution < -0.4 is 9.47 Å². The number of allylic oxidation sites excluding steroid dienone is 1. The lowest BCUT2D eigenvalue weighted by atomic mass is 9.64. The zero-order chi connectivity index (χ0) is 27.7. The maximum Gasteiger partial charge on any atom is 0.228 e. The second-order valence-electron chi connectivity index (χ2n) is 8.75. The highest BCUT2D eigenvalue weighted by atomic mass is 16.6. The minimum absolute atomic E-state index is 0.0892. The van der Waals surface area contributed by atoms with E-state index in [4.69, 9.17) is 9.47 Å². The predicted octanol–water partition coefficient (Wildman–Crippen LogP) is 6.11. The van der Waals surface area contributed by atoms with Gasteiger partial charge in [-0.05, 0) is 47.0 Å². The number of methoxy groups -OCH3 is 2. The third-order valence-corrected chi connectivity index (χ3v) is 6.74. The molecule has 0 aliphatic heterocycles. The molecule has 1 aliphatic carbocycles. The quantitative estimate of drug-likeness (QED) is 0.155. The fourth-order valence-corrected chi connectivity index (χ4v) is 4.95. The molecule has 4 rings (SSSR count). The van der Waals surface area contributed by atoms with Crippen molar-refractivity contribution < 1.29 is 24.0 Å². The largest absolute Gasteiger partial charge is 0.497 e. The summed E-state index contributed by atoms with van der Waals surface area (Å²) in [6.07, 6.45) is 2.88. The molecule has 0 bridgehead atoms. The van der Waals surface area contributed by atoms with Gasteiger partial charge in [-0.25, -0.2) is 0 Å². The average molecular weight is 516 g/mol. The Morgan fingerprint density at radius 1 is 0.868 bits per heavy atom. The Bertz CT molecular complexity index is 1250. The fraction of sp³-hybridized carbons (Fsp3) is 0.290. The minimum atomic E-state index is -1.15. The van der Waals surface area contributed by atoms with Gasteiger partial charge in [0.25, 0.3) is 0 Å². The van der Waals surface area contributed by atoms with E-state index in [1.54, 1.807) is 99.2 Å². The first-order chi connectivity index (χ1) is 18.4. The summed E-state index contributed by atoms with van der Waals surface area (Å²) in [4.78, 5) is 39.0. The van der Waals surface area contributed by atoms with Crippen LogP contribution in [-0.2, 0) is 9.59 Å². The Morgan fingerprint density at radius 2 is 1.42 bits per heavy atom. The van der Waals surface area contributed by atoms with E-state index in [1.165, 1.54) is 6.08 Å². The van der Waals surface area contributed by atoms with E-state index in [0.717, 1.165) is 5.56 Å². The summed E-state index contributed by atoms with van der Waals surface area (Å²) in [5, 5.41) is 12.5. The molecule has 1 saturated carbocycles. The van der Waals surface area contributed by atoms with E-state index in [-0.39, 0.29) is 17.1 Å². The predicted molar refractivity (Wildman–Crippen MR) is 147 cm³/mol. The monoisotopic (exact) mass is 515 g/mol. The SMILES string of the molecule is CC.COc1ccc(/C=C/C(=O)C2C(=O)C[C@H](c3ccc(OC)cc3)[C@H]([N+](=O)[O-])[C@H]2c2ccccc2)cc1. The van der Waals surface area contributed by atoms with E-state index in [9.17, 15) is 19.7 Å². The van der Waals surface area contributed by atoms with Crippen molar-refractivity contribution in [1.29, 1.82) is 0 Å². The molecule has 0 spiro atoms. The number of rotatable bonds is 8. The van der Waals surface area contributed by atoms with Crippen LogP contribution in [0.2, 0.25) is 0 Å². The van der Waals surface area contributed by atoms with Crippen molar-refractivity contribution in [3.63, 3.8) is 0 Å². The van der Waals surface area contributed by atoms with Gasteiger partial charge in [-0.2, -0.15) is 0 Å². The van der Waals surface area contributed by atoms with Crippen molar-refractivity contribution >= 4 is 17.6 Å². The zero-order valence-electron chi connectivity index (χ0n) is 22.1. The maximum absolute atomic E-state index is 13.5. The van der Waals surface area contributed by atoms with Crippen molar-refractivity contribution in [2.75, 3.05) is 14.2 Å². The van der Waals surface area contributed by atoms with Crippen LogP contribution in [0.4, 0.5) is 0 Å². The van der Waals surface area contributed by atoms with E-state index in [2.05, 4.69) is 0 Å². The molecule has 0 heterocycles. The first-order valence-corrected chi connectivity index (χ1v) is 12.6. The molecule has 1 fully saturated rings. The molecular formula is C31H33NO6. The van der Waals surface area contributed by atoms with E-state index < -0.39 is 29.6 Å². The summed E-state index contributed by atoms with van der Waals surface area (Å²) in [5.41, 5.74) is 2.03. The number of benzene rings is 3. The standard InChI is InChI=1S/C29H27NO6.C2H6/c1-35-22-13-8-19(9-14-22)10-17-25(31)28-26(32)18-24(20-11-15-23(36-2)16-12-20)29(30(33)34)27(28)21-6-4-3-5-7-21;1-2/h3-17,24,27-29H,18H2,1-2H3;1-2H3/b17-10+;/t24-,27+,28?,29+;/m1./s1. The van der Waals surface area contributed by atoms with Gasteiger partial charge in [-0.1, -0.05) is 74.5 Å². The molecule has 0 saturated heterocycles. The molecule has 3 aromatic rings. The fourth-order valence-electron chi connectivity index (χ4n) is 4.95. The van der Waals surface area contributed by atoms with Crippen LogP contribution in [0.3, 0.4) is 0 Å². The number of ketones is 2. The lowest BCUT2D eigenvalue weighted by Gasteiger charge is -2.36. The van der Waals surface area contributed by atoms with Crippen LogP contribution in [0.15, 0.2) is 84.9 Å². The van der Waals surface area contributed by atoms with Gasteiger partial charge < -0.3 is 9.47 Å². The molecule has 3 aromatic carbocycles. The molecule has 0 N–H and O–H groups in total. The molecule has 0 amide bonds. The molecule has 1 aliphatic rings. The minimum Gasteiger partial charge on any atom is -0.497 e. The van der Waals surface area contributed by atoms with E-state index >= 15 is 0 Å². The maximum atomic E-state index is 13.5. The Labute approximate surface area is 223 Å². The summed E-state index contributed by atoms with van der Waals surface area (Å²) < 4.78 is 10.4. The van der Waals surface area contributed by atoms with Gasteiger partial charge in [0.1, 0.15) is 17.3 Å². The van der Waals surface area contributed by atoms with Crippen molar-refractivity contribution in [3.05, 3.63) is 112 Å². The molecule has 7 heteroatoms. The van der Waals surface area contributed by atoms with Crippen LogP contribution >= 0.6 is 0 Å². The molecule has 198 valence electrons. The number of Topliss-reactive ketones (excluding diaryl/α,β-unsaturated/α-hetero) is 1. The van der Waals surface area contributed by atoms with Crippen LogP contribution in [0, 0.1) is 16.0 Å². The average Bonchev–Trinajstić information content (AvgIpc) is 2.97. The molecule has 0 radical (unpaired) electrons. The van der Waals surface area contributed by atoms with Gasteiger partial charge in [0.05, 0.1) is 32.0 Å². The van der Waals surface area contributed by atoms with Crippen molar-refractivity contribution in [1.82, 2.24) is 0 Å². The van der Waals surface area contributed by atoms with Crippen LogP contribution in [0.1, 0.15) is 48.8 Å². The number of hydrogen-bond acceptors (Lipinski definition) is 6. The molecular weight excluding hydrogens is 482 g/mol. The first-order valence-electron chi connectivity index (χ1n) is 12.6. The molecule has 7 nitrogen and oxygen atoms in total. The smallest absolute Gasteiger partial charge is 0.228 e. The van der Waals surface area contributed by atoms with E-state index in [0.29, 0.717) is 22.6 Å². The van der Waals surface area contributed by atoms with E-state index in [1.807, 2.05) is 13.8 Å². The van der Waals surface area contributed by atoms with Gasteiger partial charge in [-0.15, -0.1) is 0 Å². The lowest BCUT2D eigenvalue weighted by Crippen LogP contribution is -2.48. The van der Waals surface area contributed by atoms with Crippen LogP contribution in [0.25, 0.3) is 6.08 Å². The third kappa shape index (κ3) is 6.35. The van der Waals surface area contributed by atoms with Gasteiger partial charge in [-0.3, -0.25) is 19.7 Å². The van der Waals surface area contributed by atoms with Gasteiger partial charge in [0, 0.05) is 11.3 Å². The van der Waals surface area contributed by atoms with Crippen LogP contribution in [0.5, 0.6) is 11.5 Å². The normalized spacial score (nSPS) is 20.8. The molecule has 38 heavy (non-hydrogen) atoms. The summed E-state index contributed by atoms with van der Waals surface area (Å²) in [6, 6.07) is 21.8. The Kier molecular flexibility index (Phi) is 9.93. The van der Waals surface area contributed by atoms with Gasteiger partial charge in [0.2, 0.25) is 6.04 Å². The molecule has 1 unspecified atom stereocenters. The Balaban J connectivity index is 0.00000195. The number of nitro groups is 1. The summed E-state index contributed by atoms with van der Waals surface area (Å²) >= 11 is 0. The van der Waals surface area contributed by atoms with Crippen molar-refractivity contribution in [2.45, 2.75) is 38.1 Å². The Morgan fingerprint density at radius 3 is 1.95 bits per heavy atom. The van der Waals surface area contributed by atoms with Crippen molar-refractivity contribution in [3.8, 4) is 11.5 Å². The summed E-state index contributed by atoms with van der Waals surface area (Å²) in [5.74, 6) is -2.15. The number of ether oxygens (including phenoxy) is 2. The van der Waals surface area contributed by atoms with Crippen molar-refractivity contribution in [2.24, 2.45) is 5.92 Å². The topological polar surface area (TPSA) is 95.7 Å². The lowest BCUT2D eigenvalue weighted by molar-refractivity contribution is -0.533. The second kappa shape index (κ2) is 13.3. The number of nitrogens with zero attached hydrogens (tertiary/aromatic N) is 1. The number of carbonyl (C=O) groups is 2. The first kappa shape index (κ1) is 28.3. The highest BCUT2D eigenvalue weighted by molar-refractivity contribution is 6.10. The zero-order valence-corrected chi connectivity index (χ0v) is 22.1. The highest BCUT2D eigenvalue weighted by Crippen LogP contribution is 2.45. The van der Waals surface area contributed by atoms with Gasteiger partial charge >= 0.3 is 0 Å².